The number of hydrogen-bond donors (Lipinski definition) is 1. The van der Waals surface area contributed by atoms with Crippen LogP contribution in [-0.2, 0) is 0 Å². The number of anilines is 1. The SMILES string of the molecule is COc1ccc(NN=C(C#N)c2ccccn2)cc1. The Morgan fingerprint density at radius 1 is 1.26 bits per heavy atom. The second-order valence-corrected chi connectivity index (χ2v) is 3.63. The van der Waals surface area contributed by atoms with Gasteiger partial charge in [0.05, 0.1) is 12.8 Å². The number of ether oxygens (including phenoxy) is 1. The van der Waals surface area contributed by atoms with E-state index < -0.39 is 0 Å². The third-order valence-corrected chi connectivity index (χ3v) is 2.40. The topological polar surface area (TPSA) is 70.3 Å². The fraction of sp³-hybridized carbons (Fsp3) is 0.0714. The van der Waals surface area contributed by atoms with Gasteiger partial charge < -0.3 is 4.74 Å². The first-order valence-electron chi connectivity index (χ1n) is 5.63. The maximum absolute atomic E-state index is 9.06. The van der Waals surface area contributed by atoms with Crippen molar-refractivity contribution in [3.05, 3.63) is 54.4 Å². The van der Waals surface area contributed by atoms with Gasteiger partial charge in [0.1, 0.15) is 17.5 Å². The van der Waals surface area contributed by atoms with Crippen molar-refractivity contribution in [1.29, 1.82) is 5.26 Å². The van der Waals surface area contributed by atoms with Crippen LogP contribution in [0.25, 0.3) is 0 Å². The highest BCUT2D eigenvalue weighted by atomic mass is 16.5. The monoisotopic (exact) mass is 252 g/mol. The average molecular weight is 252 g/mol. The molecule has 2 aromatic rings. The van der Waals surface area contributed by atoms with Gasteiger partial charge in [-0.3, -0.25) is 10.4 Å². The van der Waals surface area contributed by atoms with Gasteiger partial charge in [0.15, 0.2) is 5.71 Å². The van der Waals surface area contributed by atoms with E-state index in [4.69, 9.17) is 10.00 Å². The Morgan fingerprint density at radius 3 is 2.63 bits per heavy atom. The Kier molecular flexibility index (Phi) is 4.09. The number of pyridine rings is 1. The molecule has 0 saturated heterocycles. The molecular weight excluding hydrogens is 240 g/mol. The van der Waals surface area contributed by atoms with Crippen molar-refractivity contribution in [2.75, 3.05) is 12.5 Å². The lowest BCUT2D eigenvalue weighted by atomic mass is 10.2. The van der Waals surface area contributed by atoms with E-state index >= 15 is 0 Å². The molecule has 0 aliphatic heterocycles. The Morgan fingerprint density at radius 2 is 2.05 bits per heavy atom. The third-order valence-electron chi connectivity index (χ3n) is 2.40. The first kappa shape index (κ1) is 12.6. The molecule has 0 aliphatic rings. The summed E-state index contributed by atoms with van der Waals surface area (Å²) in [5, 5.41) is 13.1. The highest BCUT2D eigenvalue weighted by Crippen LogP contribution is 2.15. The van der Waals surface area contributed by atoms with E-state index in [0.717, 1.165) is 11.4 Å². The van der Waals surface area contributed by atoms with Crippen molar-refractivity contribution in [3.63, 3.8) is 0 Å². The Bertz CT molecular complexity index is 600. The molecule has 0 unspecified atom stereocenters. The summed E-state index contributed by atoms with van der Waals surface area (Å²) in [6, 6.07) is 14.6. The Labute approximate surface area is 111 Å². The van der Waals surface area contributed by atoms with Crippen LogP contribution in [0.1, 0.15) is 5.69 Å². The van der Waals surface area contributed by atoms with E-state index in [1.54, 1.807) is 25.4 Å². The van der Waals surface area contributed by atoms with Gasteiger partial charge in [-0.25, -0.2) is 0 Å². The molecule has 2 rings (SSSR count). The number of benzene rings is 1. The molecule has 1 heterocycles. The maximum atomic E-state index is 9.06. The van der Waals surface area contributed by atoms with Gasteiger partial charge in [0.25, 0.3) is 0 Å². The molecule has 19 heavy (non-hydrogen) atoms. The molecule has 0 saturated carbocycles. The van der Waals surface area contributed by atoms with Crippen LogP contribution >= 0.6 is 0 Å². The molecule has 0 radical (unpaired) electrons. The normalized spacial score (nSPS) is 10.6. The lowest BCUT2D eigenvalue weighted by Crippen LogP contribution is -2.03. The zero-order valence-corrected chi connectivity index (χ0v) is 10.4. The quantitative estimate of drug-likeness (QED) is 0.670. The maximum Gasteiger partial charge on any atom is 0.186 e. The Balaban J connectivity index is 2.14. The summed E-state index contributed by atoms with van der Waals surface area (Å²) in [7, 11) is 1.61. The minimum atomic E-state index is 0.233. The van der Waals surface area contributed by atoms with Crippen LogP contribution in [-0.4, -0.2) is 17.8 Å². The lowest BCUT2D eigenvalue weighted by Gasteiger charge is -2.03. The molecule has 5 heteroatoms. The minimum Gasteiger partial charge on any atom is -0.497 e. The van der Waals surface area contributed by atoms with Crippen molar-refractivity contribution in [2.45, 2.75) is 0 Å². The van der Waals surface area contributed by atoms with Gasteiger partial charge in [0, 0.05) is 6.20 Å². The van der Waals surface area contributed by atoms with Crippen molar-refractivity contribution in [1.82, 2.24) is 4.98 Å². The molecule has 0 aliphatic carbocycles. The second-order valence-electron chi connectivity index (χ2n) is 3.63. The minimum absolute atomic E-state index is 0.233. The van der Waals surface area contributed by atoms with Gasteiger partial charge in [-0.1, -0.05) is 6.07 Å². The number of methoxy groups -OCH3 is 1. The van der Waals surface area contributed by atoms with Gasteiger partial charge in [0.2, 0.25) is 0 Å². The van der Waals surface area contributed by atoms with Gasteiger partial charge in [-0.15, -0.1) is 0 Å². The number of nitriles is 1. The van der Waals surface area contributed by atoms with Gasteiger partial charge >= 0.3 is 0 Å². The van der Waals surface area contributed by atoms with Crippen molar-refractivity contribution < 1.29 is 4.74 Å². The molecule has 94 valence electrons. The van der Waals surface area contributed by atoms with Crippen LogP contribution in [0.15, 0.2) is 53.8 Å². The predicted octanol–water partition coefficient (Wildman–Crippen LogP) is 2.43. The third kappa shape index (κ3) is 3.30. The van der Waals surface area contributed by atoms with Crippen LogP contribution in [0.4, 0.5) is 5.69 Å². The second kappa shape index (κ2) is 6.17. The summed E-state index contributed by atoms with van der Waals surface area (Å²) >= 11 is 0. The standard InChI is InChI=1S/C14H12N4O/c1-19-12-7-5-11(6-8-12)17-18-14(10-15)13-4-2-3-9-16-13/h2-9,17H,1H3. The van der Waals surface area contributed by atoms with Crippen LogP contribution in [0.5, 0.6) is 5.75 Å². The molecule has 0 amide bonds. The number of aromatic nitrogens is 1. The number of rotatable bonds is 4. The molecule has 5 nitrogen and oxygen atoms in total. The van der Waals surface area contributed by atoms with Crippen LogP contribution in [0, 0.1) is 11.3 Å². The zero-order chi connectivity index (χ0) is 13.5. The number of hydrogen-bond acceptors (Lipinski definition) is 5. The molecule has 1 N–H and O–H groups in total. The van der Waals surface area contributed by atoms with E-state index in [1.165, 1.54) is 0 Å². The van der Waals surface area contributed by atoms with E-state index in [9.17, 15) is 0 Å². The first-order chi connectivity index (χ1) is 9.33. The van der Waals surface area contributed by atoms with Crippen molar-refractivity contribution >= 4 is 11.4 Å². The summed E-state index contributed by atoms with van der Waals surface area (Å²) in [4.78, 5) is 4.08. The highest BCUT2D eigenvalue weighted by Gasteiger charge is 2.02. The molecule has 0 spiro atoms. The fourth-order valence-electron chi connectivity index (χ4n) is 1.43. The highest BCUT2D eigenvalue weighted by molar-refractivity contribution is 6.10. The largest absolute Gasteiger partial charge is 0.497 e. The summed E-state index contributed by atoms with van der Waals surface area (Å²) in [6.45, 7) is 0. The fourth-order valence-corrected chi connectivity index (χ4v) is 1.43. The molecule has 0 bridgehead atoms. The van der Waals surface area contributed by atoms with Crippen LogP contribution < -0.4 is 10.2 Å². The van der Waals surface area contributed by atoms with Gasteiger partial charge in [-0.05, 0) is 36.4 Å². The Hall–Kier alpha value is -2.87. The molecule has 1 aromatic heterocycles. The van der Waals surface area contributed by atoms with E-state index in [-0.39, 0.29) is 5.71 Å². The first-order valence-corrected chi connectivity index (χ1v) is 5.63. The number of nitrogens with one attached hydrogen (secondary N) is 1. The number of hydrazone groups is 1. The van der Waals surface area contributed by atoms with Crippen LogP contribution in [0.3, 0.4) is 0 Å². The molecule has 1 aromatic carbocycles. The smallest absolute Gasteiger partial charge is 0.186 e. The van der Waals surface area contributed by atoms with E-state index in [2.05, 4.69) is 15.5 Å². The summed E-state index contributed by atoms with van der Waals surface area (Å²) in [6.07, 6.45) is 1.62. The lowest BCUT2D eigenvalue weighted by molar-refractivity contribution is 0.415. The van der Waals surface area contributed by atoms with Crippen LogP contribution in [0.2, 0.25) is 0 Å². The molecule has 0 fully saturated rings. The average Bonchev–Trinajstić information content (AvgIpc) is 2.49. The summed E-state index contributed by atoms with van der Waals surface area (Å²) in [5.41, 5.74) is 4.35. The van der Waals surface area contributed by atoms with Crippen molar-refractivity contribution in [3.8, 4) is 11.8 Å². The number of nitrogens with zero attached hydrogens (tertiary/aromatic N) is 3. The summed E-state index contributed by atoms with van der Waals surface area (Å²) in [5.74, 6) is 0.764. The van der Waals surface area contributed by atoms with Gasteiger partial charge in [-0.2, -0.15) is 10.4 Å². The zero-order valence-electron chi connectivity index (χ0n) is 10.4. The molecular formula is C14H12N4O. The molecule has 0 atom stereocenters. The van der Waals surface area contributed by atoms with E-state index in [1.807, 2.05) is 36.4 Å². The van der Waals surface area contributed by atoms with E-state index in [0.29, 0.717) is 5.69 Å². The predicted molar refractivity (Wildman–Crippen MR) is 73.0 cm³/mol. The van der Waals surface area contributed by atoms with Crippen molar-refractivity contribution in [2.24, 2.45) is 5.10 Å². The summed E-state index contributed by atoms with van der Waals surface area (Å²) < 4.78 is 5.06.